The summed E-state index contributed by atoms with van der Waals surface area (Å²) in [5.74, 6) is 1.96. The zero-order chi connectivity index (χ0) is 19.1. The highest BCUT2D eigenvalue weighted by atomic mass is 16.5. The second-order valence-corrected chi connectivity index (χ2v) is 8.83. The molecule has 1 saturated heterocycles. The number of nitrogens with zero attached hydrogens (tertiary/aromatic N) is 2. The van der Waals surface area contributed by atoms with Gasteiger partial charge < -0.3 is 4.74 Å². The number of methoxy groups -OCH3 is 1. The molecule has 2 aliphatic carbocycles. The van der Waals surface area contributed by atoms with Gasteiger partial charge in [0.15, 0.2) is 5.78 Å². The zero-order valence-electron chi connectivity index (χ0n) is 16.8. The van der Waals surface area contributed by atoms with Crippen LogP contribution >= 0.6 is 0 Å². The molecule has 1 aliphatic heterocycles. The van der Waals surface area contributed by atoms with E-state index < -0.39 is 0 Å². The maximum absolute atomic E-state index is 13.6. The van der Waals surface area contributed by atoms with Crippen LogP contribution in [0.15, 0.2) is 36.4 Å². The molecule has 3 fully saturated rings. The normalized spacial score (nSPS) is 24.2. The van der Waals surface area contributed by atoms with Crippen LogP contribution < -0.4 is 4.74 Å². The van der Waals surface area contributed by atoms with E-state index >= 15 is 0 Å². The average Bonchev–Trinajstić information content (AvgIpc) is 3.50. The molecule has 28 heavy (non-hydrogen) atoms. The van der Waals surface area contributed by atoms with Gasteiger partial charge in [0, 0.05) is 37.8 Å². The summed E-state index contributed by atoms with van der Waals surface area (Å²) >= 11 is 0. The van der Waals surface area contributed by atoms with Crippen LogP contribution in [0, 0.1) is 5.92 Å². The molecule has 148 valence electrons. The molecule has 3 aliphatic rings. The number of hydrogen-bond acceptors (Lipinski definition) is 4. The molecular formula is C24H30N2O2. The summed E-state index contributed by atoms with van der Waals surface area (Å²) in [6.07, 6.45) is 6.63. The van der Waals surface area contributed by atoms with E-state index in [0.717, 1.165) is 54.2 Å². The Balaban J connectivity index is 1.40. The van der Waals surface area contributed by atoms with Gasteiger partial charge in [-0.25, -0.2) is 0 Å². The topological polar surface area (TPSA) is 32.8 Å². The Bertz CT molecular complexity index is 872. The molecule has 0 radical (unpaired) electrons. The van der Waals surface area contributed by atoms with Gasteiger partial charge in [-0.1, -0.05) is 24.6 Å². The summed E-state index contributed by atoms with van der Waals surface area (Å²) in [5, 5.41) is 2.22. The Morgan fingerprint density at radius 3 is 2.54 bits per heavy atom. The van der Waals surface area contributed by atoms with Crippen LogP contribution in [0.4, 0.5) is 0 Å². The van der Waals surface area contributed by atoms with Crippen LogP contribution in [0.3, 0.4) is 0 Å². The van der Waals surface area contributed by atoms with Crippen molar-refractivity contribution >= 4 is 16.6 Å². The van der Waals surface area contributed by atoms with Crippen molar-refractivity contribution in [2.75, 3.05) is 33.3 Å². The first-order chi connectivity index (χ1) is 13.7. The minimum Gasteiger partial charge on any atom is -0.497 e. The Morgan fingerprint density at radius 1 is 1.04 bits per heavy atom. The summed E-state index contributed by atoms with van der Waals surface area (Å²) in [6, 6.07) is 12.9. The summed E-state index contributed by atoms with van der Waals surface area (Å²) in [4.78, 5) is 18.6. The first kappa shape index (κ1) is 18.1. The molecule has 4 nitrogen and oxygen atoms in total. The Labute approximate surface area is 167 Å². The van der Waals surface area contributed by atoms with E-state index in [1.54, 1.807) is 7.11 Å². The largest absolute Gasteiger partial charge is 0.497 e. The van der Waals surface area contributed by atoms with Crippen LogP contribution in [0.1, 0.15) is 42.5 Å². The van der Waals surface area contributed by atoms with Crippen LogP contribution in [0.25, 0.3) is 10.8 Å². The summed E-state index contributed by atoms with van der Waals surface area (Å²) in [6.45, 7) is 4.16. The van der Waals surface area contributed by atoms with Crippen LogP contribution in [-0.2, 0) is 0 Å². The minimum atomic E-state index is 0.00523. The third-order valence-corrected chi connectivity index (χ3v) is 6.94. The highest BCUT2D eigenvalue weighted by Crippen LogP contribution is 2.33. The Morgan fingerprint density at radius 2 is 1.82 bits per heavy atom. The monoisotopic (exact) mass is 378 g/mol. The van der Waals surface area contributed by atoms with Crippen molar-refractivity contribution in [2.24, 2.45) is 5.92 Å². The minimum absolute atomic E-state index is 0.00523. The lowest BCUT2D eigenvalue weighted by Crippen LogP contribution is -2.59. The van der Waals surface area contributed by atoms with Crippen LogP contribution in [0.5, 0.6) is 5.75 Å². The van der Waals surface area contributed by atoms with Gasteiger partial charge >= 0.3 is 0 Å². The number of carbonyl (C=O) groups excluding carboxylic acids is 1. The van der Waals surface area contributed by atoms with E-state index in [-0.39, 0.29) is 6.04 Å². The molecular weight excluding hydrogens is 348 g/mol. The second kappa shape index (κ2) is 7.49. The predicted octanol–water partition coefficient (Wildman–Crippen LogP) is 3.98. The summed E-state index contributed by atoms with van der Waals surface area (Å²) < 4.78 is 5.32. The van der Waals surface area contributed by atoms with Crippen molar-refractivity contribution in [3.05, 3.63) is 42.0 Å². The van der Waals surface area contributed by atoms with Gasteiger partial charge in [0.25, 0.3) is 0 Å². The highest BCUT2D eigenvalue weighted by Gasteiger charge is 2.38. The predicted molar refractivity (Wildman–Crippen MR) is 112 cm³/mol. The highest BCUT2D eigenvalue weighted by molar-refractivity contribution is 6.03. The number of fused-ring (bicyclic) bond motifs is 1. The molecule has 0 bridgehead atoms. The molecule has 1 atom stereocenters. The summed E-state index contributed by atoms with van der Waals surface area (Å²) in [7, 11) is 1.68. The van der Waals surface area contributed by atoms with Crippen LogP contribution in [0.2, 0.25) is 0 Å². The standard InChI is InChI=1S/C24H30N2O2/c1-28-22-10-9-18-13-20(8-7-19(18)14-22)24(27)23-16-25(21-3-2-4-21)11-12-26(23)15-17-5-6-17/h7-10,13-14,17,21,23H,2-6,11-12,15-16H2,1H3. The van der Waals surface area contributed by atoms with Crippen molar-refractivity contribution in [2.45, 2.75) is 44.2 Å². The maximum atomic E-state index is 13.6. The van der Waals surface area contributed by atoms with Gasteiger partial charge in [0.05, 0.1) is 13.2 Å². The van der Waals surface area contributed by atoms with Gasteiger partial charge in [-0.2, -0.15) is 0 Å². The first-order valence-electron chi connectivity index (χ1n) is 10.8. The van der Waals surface area contributed by atoms with E-state index in [1.807, 2.05) is 18.2 Å². The van der Waals surface area contributed by atoms with E-state index in [2.05, 4.69) is 28.0 Å². The fourth-order valence-corrected chi connectivity index (χ4v) is 4.72. The number of ether oxygens (including phenoxy) is 1. The van der Waals surface area contributed by atoms with E-state index in [0.29, 0.717) is 11.8 Å². The number of benzene rings is 2. The first-order valence-corrected chi connectivity index (χ1v) is 10.8. The van der Waals surface area contributed by atoms with E-state index in [1.165, 1.54) is 32.1 Å². The molecule has 4 heteroatoms. The molecule has 1 heterocycles. The molecule has 0 spiro atoms. The lowest BCUT2D eigenvalue weighted by molar-refractivity contribution is 0.0220. The van der Waals surface area contributed by atoms with E-state index in [9.17, 15) is 4.79 Å². The number of ketones is 1. The quantitative estimate of drug-likeness (QED) is 0.712. The molecule has 0 amide bonds. The van der Waals surface area contributed by atoms with Crippen molar-refractivity contribution in [1.82, 2.24) is 9.80 Å². The number of rotatable bonds is 6. The van der Waals surface area contributed by atoms with E-state index in [4.69, 9.17) is 4.74 Å². The third kappa shape index (κ3) is 3.56. The maximum Gasteiger partial charge on any atom is 0.181 e. The molecule has 2 saturated carbocycles. The molecule has 2 aromatic rings. The van der Waals surface area contributed by atoms with Crippen molar-refractivity contribution in [3.8, 4) is 5.75 Å². The third-order valence-electron chi connectivity index (χ3n) is 6.94. The molecule has 5 rings (SSSR count). The smallest absolute Gasteiger partial charge is 0.181 e. The number of carbonyl (C=O) groups is 1. The Hall–Kier alpha value is -1.91. The molecule has 0 N–H and O–H groups in total. The fourth-order valence-electron chi connectivity index (χ4n) is 4.72. The Kier molecular flexibility index (Phi) is 4.85. The fraction of sp³-hybridized carbons (Fsp3) is 0.542. The number of hydrogen-bond donors (Lipinski definition) is 0. The van der Waals surface area contributed by atoms with Gasteiger partial charge in [0.2, 0.25) is 0 Å². The van der Waals surface area contributed by atoms with Gasteiger partial charge in [0.1, 0.15) is 5.75 Å². The van der Waals surface area contributed by atoms with Crippen molar-refractivity contribution < 1.29 is 9.53 Å². The average molecular weight is 379 g/mol. The lowest BCUT2D eigenvalue weighted by atomic mass is 9.89. The number of Topliss-reactive ketones (excluding diaryl/α,β-unsaturated/α-hetero) is 1. The molecule has 1 unspecified atom stereocenters. The van der Waals surface area contributed by atoms with Crippen LogP contribution in [-0.4, -0.2) is 61.0 Å². The van der Waals surface area contributed by atoms with Gasteiger partial charge in [-0.15, -0.1) is 0 Å². The SMILES string of the molecule is COc1ccc2cc(C(=O)C3CN(C4CCC4)CCN3CC3CC3)ccc2c1. The number of piperazine rings is 1. The molecule has 0 aromatic heterocycles. The second-order valence-electron chi connectivity index (χ2n) is 8.83. The van der Waals surface area contributed by atoms with Gasteiger partial charge in [-0.3, -0.25) is 14.6 Å². The summed E-state index contributed by atoms with van der Waals surface area (Å²) in [5.41, 5.74) is 0.846. The van der Waals surface area contributed by atoms with Gasteiger partial charge in [-0.05, 0) is 60.6 Å². The zero-order valence-corrected chi connectivity index (χ0v) is 16.8. The van der Waals surface area contributed by atoms with Crippen molar-refractivity contribution in [3.63, 3.8) is 0 Å². The lowest BCUT2D eigenvalue weighted by Gasteiger charge is -2.46. The molecule has 2 aromatic carbocycles. The van der Waals surface area contributed by atoms with Crippen molar-refractivity contribution in [1.29, 1.82) is 0 Å².